The summed E-state index contributed by atoms with van der Waals surface area (Å²) in [5.41, 5.74) is 2.61. The maximum Gasteiger partial charge on any atom is 0.142 e. The molecule has 0 atom stereocenters. The van der Waals surface area contributed by atoms with Crippen molar-refractivity contribution in [3.05, 3.63) is 65.0 Å². The Balaban J connectivity index is 1.83. The average molecular weight is 383 g/mol. The van der Waals surface area contributed by atoms with Crippen LogP contribution in [0.5, 0.6) is 5.75 Å². The minimum absolute atomic E-state index is 0.343. The van der Waals surface area contributed by atoms with Crippen LogP contribution in [0.3, 0.4) is 0 Å². The second-order valence-corrected chi connectivity index (χ2v) is 6.95. The third-order valence-corrected chi connectivity index (χ3v) is 4.57. The van der Waals surface area contributed by atoms with E-state index in [0.717, 1.165) is 44.3 Å². The quantitative estimate of drug-likeness (QED) is 0.343. The second-order valence-electron chi connectivity index (χ2n) is 6.95. The third kappa shape index (κ3) is 8.15. The summed E-state index contributed by atoms with van der Waals surface area (Å²) in [5.74, 6) is 6.18. The van der Waals surface area contributed by atoms with Crippen molar-refractivity contribution in [2.75, 3.05) is 20.3 Å². The van der Waals surface area contributed by atoms with Gasteiger partial charge in [-0.25, -0.2) is 4.39 Å². The molecule has 0 amide bonds. The number of aryl methyl sites for hydroxylation is 1. The molecular weight excluding hydrogens is 351 g/mol. The monoisotopic (exact) mass is 382 g/mol. The Hall–Kier alpha value is -2.31. The summed E-state index contributed by atoms with van der Waals surface area (Å²) in [6.07, 6.45) is 7.72. The van der Waals surface area contributed by atoms with Crippen molar-refractivity contribution in [3.8, 4) is 17.6 Å². The molecule has 0 heterocycles. The van der Waals surface area contributed by atoms with Gasteiger partial charge in [0.15, 0.2) is 0 Å². The maximum absolute atomic E-state index is 14.3. The van der Waals surface area contributed by atoms with Crippen LogP contribution in [0.1, 0.15) is 62.1 Å². The van der Waals surface area contributed by atoms with E-state index in [4.69, 9.17) is 9.47 Å². The standard InChI is InChI=1S/C25H31FO2/c1-3-4-9-21-10-12-22(13-11-21)14-15-23-16-17-24(20-25(23)26)28-19-8-6-5-7-18-27-2/h10-13,16-17,20H,3-9,18-19H2,1-2H3. The zero-order valence-corrected chi connectivity index (χ0v) is 17.1. The molecule has 2 aromatic rings. The summed E-state index contributed by atoms with van der Waals surface area (Å²) in [7, 11) is 1.72. The van der Waals surface area contributed by atoms with Crippen LogP contribution in [-0.2, 0) is 11.2 Å². The van der Waals surface area contributed by atoms with Crippen LogP contribution in [0.4, 0.5) is 4.39 Å². The fourth-order valence-electron chi connectivity index (χ4n) is 2.85. The Morgan fingerprint density at radius 3 is 2.29 bits per heavy atom. The predicted octanol–water partition coefficient (Wildman–Crippen LogP) is 6.15. The lowest BCUT2D eigenvalue weighted by Crippen LogP contribution is -1.99. The lowest BCUT2D eigenvalue weighted by atomic mass is 10.1. The van der Waals surface area contributed by atoms with Gasteiger partial charge in [-0.2, -0.15) is 0 Å². The molecule has 0 fully saturated rings. The number of unbranched alkanes of at least 4 members (excludes halogenated alkanes) is 4. The van der Waals surface area contributed by atoms with E-state index in [0.29, 0.717) is 17.9 Å². The molecule has 0 spiro atoms. The number of hydrogen-bond donors (Lipinski definition) is 0. The fourth-order valence-corrected chi connectivity index (χ4v) is 2.85. The van der Waals surface area contributed by atoms with Crippen LogP contribution in [0.25, 0.3) is 0 Å². The highest BCUT2D eigenvalue weighted by atomic mass is 19.1. The topological polar surface area (TPSA) is 18.5 Å². The second kappa shape index (κ2) is 13.0. The minimum Gasteiger partial charge on any atom is -0.493 e. The molecule has 0 aliphatic rings. The van der Waals surface area contributed by atoms with Gasteiger partial charge < -0.3 is 9.47 Å². The van der Waals surface area contributed by atoms with Crippen LogP contribution in [0, 0.1) is 17.7 Å². The largest absolute Gasteiger partial charge is 0.493 e. The van der Waals surface area contributed by atoms with Crippen molar-refractivity contribution >= 4 is 0 Å². The van der Waals surface area contributed by atoms with Gasteiger partial charge in [0.2, 0.25) is 0 Å². The summed E-state index contributed by atoms with van der Waals surface area (Å²) < 4.78 is 24.9. The molecule has 0 aliphatic carbocycles. The lowest BCUT2D eigenvalue weighted by molar-refractivity contribution is 0.191. The van der Waals surface area contributed by atoms with Gasteiger partial charge in [0, 0.05) is 25.3 Å². The van der Waals surface area contributed by atoms with Crippen LogP contribution < -0.4 is 4.74 Å². The number of benzene rings is 2. The number of hydrogen-bond acceptors (Lipinski definition) is 2. The first-order valence-corrected chi connectivity index (χ1v) is 10.2. The molecule has 3 heteroatoms. The maximum atomic E-state index is 14.3. The SMILES string of the molecule is CCCCc1ccc(C#Cc2ccc(OCCCCCCOC)cc2F)cc1. The van der Waals surface area contributed by atoms with E-state index in [1.807, 2.05) is 12.1 Å². The molecule has 0 saturated heterocycles. The predicted molar refractivity (Wildman–Crippen MR) is 113 cm³/mol. The zero-order chi connectivity index (χ0) is 20.0. The Labute approximate surface area is 169 Å². The molecule has 0 unspecified atom stereocenters. The van der Waals surface area contributed by atoms with Gasteiger partial charge in [0.05, 0.1) is 12.2 Å². The summed E-state index contributed by atoms with van der Waals surface area (Å²) in [6, 6.07) is 13.1. The summed E-state index contributed by atoms with van der Waals surface area (Å²) >= 11 is 0. The normalized spacial score (nSPS) is 10.4. The Morgan fingerprint density at radius 1 is 0.857 bits per heavy atom. The first kappa shape index (κ1) is 22.0. The fraction of sp³-hybridized carbons (Fsp3) is 0.440. The third-order valence-electron chi connectivity index (χ3n) is 4.57. The number of halogens is 1. The highest BCUT2D eigenvalue weighted by molar-refractivity contribution is 5.45. The Bertz CT molecular complexity index is 756. The van der Waals surface area contributed by atoms with Crippen molar-refractivity contribution in [2.45, 2.75) is 51.9 Å². The van der Waals surface area contributed by atoms with Gasteiger partial charge in [0.25, 0.3) is 0 Å². The van der Waals surface area contributed by atoms with Crippen molar-refractivity contribution in [3.63, 3.8) is 0 Å². The molecule has 28 heavy (non-hydrogen) atoms. The average Bonchev–Trinajstić information content (AvgIpc) is 2.72. The highest BCUT2D eigenvalue weighted by Gasteiger charge is 2.02. The van der Waals surface area contributed by atoms with E-state index in [1.54, 1.807) is 19.2 Å². The summed E-state index contributed by atoms with van der Waals surface area (Å²) in [5, 5.41) is 0. The van der Waals surface area contributed by atoms with E-state index in [-0.39, 0.29) is 5.82 Å². The van der Waals surface area contributed by atoms with Crippen molar-refractivity contribution < 1.29 is 13.9 Å². The highest BCUT2D eigenvalue weighted by Crippen LogP contribution is 2.17. The van der Waals surface area contributed by atoms with Crippen LogP contribution >= 0.6 is 0 Å². The summed E-state index contributed by atoms with van der Waals surface area (Å²) in [6.45, 7) is 3.59. The first-order chi connectivity index (χ1) is 13.7. The van der Waals surface area contributed by atoms with Crippen molar-refractivity contribution in [2.24, 2.45) is 0 Å². The Morgan fingerprint density at radius 2 is 1.61 bits per heavy atom. The molecule has 0 N–H and O–H groups in total. The van der Waals surface area contributed by atoms with Gasteiger partial charge in [0.1, 0.15) is 11.6 Å². The zero-order valence-electron chi connectivity index (χ0n) is 17.1. The van der Waals surface area contributed by atoms with Gasteiger partial charge in [-0.05, 0) is 61.9 Å². The molecule has 0 aliphatic heterocycles. The first-order valence-electron chi connectivity index (χ1n) is 10.2. The van der Waals surface area contributed by atoms with Crippen LogP contribution in [-0.4, -0.2) is 20.3 Å². The van der Waals surface area contributed by atoms with E-state index >= 15 is 0 Å². The van der Waals surface area contributed by atoms with Crippen LogP contribution in [0.15, 0.2) is 42.5 Å². The Kier molecular flexibility index (Phi) is 10.2. The number of ether oxygens (including phenoxy) is 2. The summed E-state index contributed by atoms with van der Waals surface area (Å²) in [4.78, 5) is 0. The van der Waals surface area contributed by atoms with E-state index in [1.165, 1.54) is 24.5 Å². The molecule has 150 valence electrons. The smallest absolute Gasteiger partial charge is 0.142 e. The molecule has 0 saturated carbocycles. The molecule has 0 bridgehead atoms. The molecule has 2 aromatic carbocycles. The molecular formula is C25H31FO2. The van der Waals surface area contributed by atoms with Gasteiger partial charge >= 0.3 is 0 Å². The van der Waals surface area contributed by atoms with E-state index in [2.05, 4.69) is 30.9 Å². The van der Waals surface area contributed by atoms with Crippen LogP contribution in [0.2, 0.25) is 0 Å². The van der Waals surface area contributed by atoms with Gasteiger partial charge in [-0.3, -0.25) is 0 Å². The van der Waals surface area contributed by atoms with E-state index < -0.39 is 0 Å². The molecule has 0 aromatic heterocycles. The number of methoxy groups -OCH3 is 1. The molecule has 2 rings (SSSR count). The van der Waals surface area contributed by atoms with Crippen molar-refractivity contribution in [1.82, 2.24) is 0 Å². The number of rotatable bonds is 11. The lowest BCUT2D eigenvalue weighted by Gasteiger charge is -2.07. The van der Waals surface area contributed by atoms with Crippen molar-refractivity contribution in [1.29, 1.82) is 0 Å². The van der Waals surface area contributed by atoms with Gasteiger partial charge in [-0.1, -0.05) is 43.7 Å². The molecule has 0 radical (unpaired) electrons. The minimum atomic E-state index is -0.343. The van der Waals surface area contributed by atoms with E-state index in [9.17, 15) is 4.39 Å². The van der Waals surface area contributed by atoms with Gasteiger partial charge in [-0.15, -0.1) is 0 Å². The molecule has 2 nitrogen and oxygen atoms in total.